The Labute approximate surface area is 634 Å². The van der Waals surface area contributed by atoms with Gasteiger partial charge in [-0.1, -0.05) is 378 Å². The summed E-state index contributed by atoms with van der Waals surface area (Å²) >= 11 is 0. The van der Waals surface area contributed by atoms with E-state index in [0.717, 1.165) is 73.4 Å². The molecule has 0 radical (unpaired) electrons. The molecular weight excluding hydrogens is 1310 g/mol. The molecule has 4 nitrogen and oxygen atoms in total. The van der Waals surface area contributed by atoms with Crippen LogP contribution in [0.4, 0.5) is 0 Å². The highest BCUT2D eigenvalue weighted by molar-refractivity contribution is 5.92. The van der Waals surface area contributed by atoms with E-state index in [-0.39, 0.29) is 10.8 Å². The lowest BCUT2D eigenvalue weighted by atomic mass is 9.66. The van der Waals surface area contributed by atoms with E-state index in [0.29, 0.717) is 0 Å². The Bertz CT molecular complexity index is 5940. The molecule has 516 valence electrons. The zero-order chi connectivity index (χ0) is 71.8. The number of rotatable bonds is 12. The van der Waals surface area contributed by atoms with Crippen molar-refractivity contribution in [1.82, 2.24) is 19.9 Å². The molecule has 2 heterocycles. The zero-order valence-electron chi connectivity index (χ0n) is 60.5. The Kier molecular flexibility index (Phi) is 17.5. The molecule has 0 atom stereocenters. The molecule has 0 N–H and O–H groups in total. The number of aromatic nitrogens is 4. The van der Waals surface area contributed by atoms with E-state index in [1.54, 1.807) is 5.56 Å². The van der Waals surface area contributed by atoms with E-state index < -0.39 is 0 Å². The smallest absolute Gasteiger partial charge is 0.160 e. The van der Waals surface area contributed by atoms with Gasteiger partial charge in [0.2, 0.25) is 0 Å². The topological polar surface area (TPSA) is 51.6 Å². The summed E-state index contributed by atoms with van der Waals surface area (Å²) in [6, 6.07) is 131. The summed E-state index contributed by atoms with van der Waals surface area (Å²) in [5, 5.41) is 0. The maximum atomic E-state index is 5.20. The molecule has 2 spiro atoms. The van der Waals surface area contributed by atoms with E-state index >= 15 is 0 Å². The van der Waals surface area contributed by atoms with Crippen LogP contribution in [-0.2, 0) is 10.8 Å². The van der Waals surface area contributed by atoms with E-state index in [1.165, 1.54) is 164 Å². The minimum absolute atomic E-state index is 0.0946. The lowest BCUT2D eigenvalue weighted by Gasteiger charge is -2.37. The van der Waals surface area contributed by atoms with Crippen LogP contribution in [0.5, 0.6) is 0 Å². The molecule has 0 bridgehead atoms. The van der Waals surface area contributed by atoms with Crippen LogP contribution < -0.4 is 0 Å². The van der Waals surface area contributed by atoms with Crippen LogP contribution in [0, 0.1) is 0 Å². The third-order valence-electron chi connectivity index (χ3n) is 23.4. The largest absolute Gasteiger partial charge is 0.228 e. The summed E-state index contributed by atoms with van der Waals surface area (Å²) in [7, 11) is 0. The Morgan fingerprint density at radius 1 is 0.167 bits per heavy atom. The van der Waals surface area contributed by atoms with Crippen LogP contribution in [0.15, 0.2) is 364 Å². The molecule has 20 rings (SSSR count). The first-order chi connectivity index (χ1) is 53.5. The molecule has 0 amide bonds. The van der Waals surface area contributed by atoms with Crippen molar-refractivity contribution in [3.05, 3.63) is 386 Å². The lowest BCUT2D eigenvalue weighted by molar-refractivity contribution is 0.353. The summed E-state index contributed by atoms with van der Waals surface area (Å²) in [6.45, 7) is 0. The Morgan fingerprint density at radius 2 is 0.426 bits per heavy atom. The Balaban J connectivity index is 0.000000147. The van der Waals surface area contributed by atoms with Crippen molar-refractivity contribution in [2.45, 2.75) is 75.0 Å². The van der Waals surface area contributed by atoms with Gasteiger partial charge in [0, 0.05) is 44.2 Å². The molecule has 14 aromatic carbocycles. The number of nitrogens with zero attached hydrogens (tertiary/aromatic N) is 4. The van der Waals surface area contributed by atoms with Crippen LogP contribution in [0.2, 0.25) is 0 Å². The van der Waals surface area contributed by atoms with Crippen molar-refractivity contribution < 1.29 is 0 Å². The molecular formula is C104H80N4. The van der Waals surface area contributed by atoms with Crippen molar-refractivity contribution in [1.29, 1.82) is 0 Å². The van der Waals surface area contributed by atoms with Gasteiger partial charge < -0.3 is 0 Å². The predicted molar refractivity (Wildman–Crippen MR) is 448 cm³/mol. The molecule has 0 aliphatic heterocycles. The van der Waals surface area contributed by atoms with Gasteiger partial charge in [-0.15, -0.1) is 0 Å². The van der Waals surface area contributed by atoms with Gasteiger partial charge in [0.15, 0.2) is 11.6 Å². The first-order valence-corrected chi connectivity index (χ1v) is 38.6. The van der Waals surface area contributed by atoms with Gasteiger partial charge in [-0.3, -0.25) is 0 Å². The van der Waals surface area contributed by atoms with Gasteiger partial charge in [0.05, 0.1) is 22.8 Å². The van der Waals surface area contributed by atoms with Crippen LogP contribution in [0.3, 0.4) is 0 Å². The van der Waals surface area contributed by atoms with Gasteiger partial charge in [0.25, 0.3) is 0 Å². The van der Waals surface area contributed by atoms with Crippen LogP contribution >= 0.6 is 0 Å². The normalized spacial score (nSPS) is 14.1. The van der Waals surface area contributed by atoms with E-state index in [1.807, 2.05) is 18.2 Å². The fourth-order valence-electron chi connectivity index (χ4n) is 18.2. The highest BCUT2D eigenvalue weighted by atomic mass is 14.9. The summed E-state index contributed by atoms with van der Waals surface area (Å²) < 4.78 is 0. The standard InChI is InChI=1S/2C52H40N2/c1-4-15-36(16-5-1)37-27-29-39(30-28-37)49-35-48(38-17-6-2-7-18-38)53-51(54-49)43-22-13-20-41(34-43)40-19-12-21-42(33-40)44-24-14-25-46-45-23-8-9-26-47(45)52(50(44)46)31-10-3-11-32-52;1-4-13-36(14-5-1)37-23-29-42(30-24-37)49-35-48(41-15-6-2-7-16-41)53-51(54-49)43-31-25-39(26-32-43)38-21-27-40(28-22-38)44-18-12-19-46-45-17-8-9-20-47(45)52(50(44)46)33-10-3-11-34-52/h1-2,4-9,12-30,33-35H,3,10-11,31-32H2;1-2,4-9,12-32,35H,3,10-11,33-34H2. The maximum absolute atomic E-state index is 5.20. The highest BCUT2D eigenvalue weighted by Gasteiger charge is 2.46. The summed E-state index contributed by atoms with van der Waals surface area (Å²) in [6.07, 6.45) is 12.7. The molecule has 2 saturated carbocycles. The average molecular weight is 1390 g/mol. The molecule has 4 aliphatic carbocycles. The second-order valence-corrected chi connectivity index (χ2v) is 29.7. The molecule has 4 heteroatoms. The van der Waals surface area contributed by atoms with Gasteiger partial charge in [-0.05, 0) is 161 Å². The Hall–Kier alpha value is -12.8. The molecule has 2 fully saturated rings. The maximum Gasteiger partial charge on any atom is 0.160 e. The van der Waals surface area contributed by atoms with Gasteiger partial charge in [0.1, 0.15) is 0 Å². The van der Waals surface area contributed by atoms with Gasteiger partial charge >= 0.3 is 0 Å². The van der Waals surface area contributed by atoms with Crippen LogP contribution in [-0.4, -0.2) is 19.9 Å². The van der Waals surface area contributed by atoms with E-state index in [2.05, 4.69) is 346 Å². The van der Waals surface area contributed by atoms with Crippen molar-refractivity contribution in [3.63, 3.8) is 0 Å². The number of hydrogen-bond donors (Lipinski definition) is 0. The Morgan fingerprint density at radius 3 is 0.843 bits per heavy atom. The van der Waals surface area contributed by atoms with E-state index in [4.69, 9.17) is 19.9 Å². The van der Waals surface area contributed by atoms with Crippen LogP contribution in [0.1, 0.15) is 86.5 Å². The zero-order valence-corrected chi connectivity index (χ0v) is 60.5. The predicted octanol–water partition coefficient (Wildman–Crippen LogP) is 27.4. The first kappa shape index (κ1) is 66.0. The monoisotopic (exact) mass is 1380 g/mol. The third-order valence-corrected chi connectivity index (χ3v) is 23.4. The third kappa shape index (κ3) is 12.4. The molecule has 4 aliphatic rings. The van der Waals surface area contributed by atoms with Crippen molar-refractivity contribution in [3.8, 4) is 157 Å². The van der Waals surface area contributed by atoms with Crippen molar-refractivity contribution in [2.24, 2.45) is 0 Å². The number of hydrogen-bond acceptors (Lipinski definition) is 4. The molecule has 0 unspecified atom stereocenters. The van der Waals surface area contributed by atoms with Crippen LogP contribution in [0.25, 0.3) is 157 Å². The summed E-state index contributed by atoms with van der Waals surface area (Å²) in [5.41, 5.74) is 36.8. The molecule has 2 aromatic heterocycles. The van der Waals surface area contributed by atoms with Gasteiger partial charge in [-0.2, -0.15) is 0 Å². The summed E-state index contributed by atoms with van der Waals surface area (Å²) in [4.78, 5) is 20.6. The number of fused-ring (bicyclic) bond motifs is 10. The molecule has 108 heavy (non-hydrogen) atoms. The molecule has 0 saturated heterocycles. The number of benzene rings is 14. The summed E-state index contributed by atoms with van der Waals surface area (Å²) in [5.74, 6) is 1.44. The highest BCUT2D eigenvalue weighted by Crippen LogP contribution is 2.60. The second-order valence-electron chi connectivity index (χ2n) is 29.7. The van der Waals surface area contributed by atoms with E-state index in [9.17, 15) is 0 Å². The first-order valence-electron chi connectivity index (χ1n) is 38.6. The fraction of sp³-hybridized carbons (Fsp3) is 0.115. The van der Waals surface area contributed by atoms with Gasteiger partial charge in [-0.25, -0.2) is 19.9 Å². The van der Waals surface area contributed by atoms with Crippen molar-refractivity contribution in [2.75, 3.05) is 0 Å². The average Bonchev–Trinajstić information content (AvgIpc) is 1.56. The molecule has 16 aromatic rings. The minimum Gasteiger partial charge on any atom is -0.228 e. The quantitative estimate of drug-likeness (QED) is 0.122. The second kappa shape index (κ2) is 28.6. The lowest BCUT2D eigenvalue weighted by Crippen LogP contribution is -2.28. The SMILES string of the molecule is c1ccc(-c2ccc(-c3cc(-c4ccccc4)nc(-c4ccc(-c5ccc(-c6cccc7c6C6(CCCCC6)c6ccccc6-7)cc5)cc4)n3)cc2)cc1.c1ccc(-c2ccc(-c3cc(-c4ccccc4)nc(-c4cccc(-c5cccc(-c6cccc7c6C6(CCCCC6)c6ccccc6-7)c5)c4)n3)cc2)cc1. The fourth-order valence-corrected chi connectivity index (χ4v) is 18.2. The minimum atomic E-state index is 0.0946. The van der Waals surface area contributed by atoms with Crippen molar-refractivity contribution >= 4 is 0 Å².